The van der Waals surface area contributed by atoms with Gasteiger partial charge < -0.3 is 11.5 Å². The minimum absolute atomic E-state index is 0.342. The number of anilines is 1. The van der Waals surface area contributed by atoms with Gasteiger partial charge in [-0.05, 0) is 36.8 Å². The predicted octanol–water partition coefficient (Wildman–Crippen LogP) is 2.14. The number of nitrogens with zero attached hydrogens (tertiary/aromatic N) is 1. The Hall–Kier alpha value is -2.45. The van der Waals surface area contributed by atoms with Gasteiger partial charge in [-0.2, -0.15) is 11.8 Å². The fraction of sp³-hybridized carbons (Fsp3) is 0.125. The Balaban J connectivity index is 0.000000677. The van der Waals surface area contributed by atoms with Gasteiger partial charge in [-0.3, -0.25) is 9.78 Å². The number of aromatic nitrogens is 1. The van der Waals surface area contributed by atoms with Gasteiger partial charge in [0.15, 0.2) is 0 Å². The molecule has 1 heterocycles. The molecule has 0 spiro atoms. The molecule has 0 aliphatic heterocycles. The third-order valence-corrected chi connectivity index (χ3v) is 2.26. The molecule has 4 nitrogen and oxygen atoms in total. The van der Waals surface area contributed by atoms with Crippen LogP contribution in [0.1, 0.15) is 21.5 Å². The molecule has 1 aromatic heterocycles. The summed E-state index contributed by atoms with van der Waals surface area (Å²) >= 11 is 1.75. The first-order valence-electron chi connectivity index (χ1n) is 6.09. The van der Waals surface area contributed by atoms with Gasteiger partial charge in [-0.1, -0.05) is 17.9 Å². The first-order valence-corrected chi connectivity index (χ1v) is 7.72. The van der Waals surface area contributed by atoms with E-state index in [-0.39, 0.29) is 0 Å². The molecule has 108 valence electrons. The number of nitrogen functional groups attached to an aromatic ring is 1. The van der Waals surface area contributed by atoms with Gasteiger partial charge in [0.1, 0.15) is 0 Å². The first-order chi connectivity index (χ1) is 10.1. The van der Waals surface area contributed by atoms with Crippen LogP contribution in [0.15, 0.2) is 42.7 Å². The molecule has 0 atom stereocenters. The van der Waals surface area contributed by atoms with Crippen molar-refractivity contribution in [3.05, 3.63) is 59.4 Å². The number of nitrogens with two attached hydrogens (primary N) is 2. The highest BCUT2D eigenvalue weighted by Crippen LogP contribution is 2.06. The normalized spacial score (nSPS) is 8.86. The summed E-state index contributed by atoms with van der Waals surface area (Å²) in [6.45, 7) is 0. The van der Waals surface area contributed by atoms with E-state index >= 15 is 0 Å². The number of thioether (sulfide) groups is 1. The van der Waals surface area contributed by atoms with Crippen LogP contribution in [0.4, 0.5) is 5.69 Å². The fourth-order valence-electron chi connectivity index (χ4n) is 1.40. The van der Waals surface area contributed by atoms with Crippen LogP contribution in [-0.2, 0) is 0 Å². The smallest absolute Gasteiger partial charge is 0.250 e. The topological polar surface area (TPSA) is 82.0 Å². The molecule has 0 saturated heterocycles. The third-order valence-electron chi connectivity index (χ3n) is 2.26. The molecule has 21 heavy (non-hydrogen) atoms. The lowest BCUT2D eigenvalue weighted by Gasteiger charge is -1.95. The van der Waals surface area contributed by atoms with Crippen LogP contribution in [0, 0.1) is 11.8 Å². The molecule has 1 aromatic carbocycles. The van der Waals surface area contributed by atoms with Crippen LogP contribution in [0.25, 0.3) is 0 Å². The van der Waals surface area contributed by atoms with Crippen molar-refractivity contribution < 1.29 is 4.79 Å². The second-order valence-electron chi connectivity index (χ2n) is 4.11. The Labute approximate surface area is 129 Å². The summed E-state index contributed by atoms with van der Waals surface area (Å²) in [6, 6.07) is 8.86. The average molecular weight is 299 g/mol. The lowest BCUT2D eigenvalue weighted by molar-refractivity contribution is 0.1000. The van der Waals surface area contributed by atoms with Crippen LogP contribution in [0.2, 0.25) is 0 Å². The molecule has 2 rings (SSSR count). The Morgan fingerprint density at radius 3 is 2.43 bits per heavy atom. The zero-order valence-electron chi connectivity index (χ0n) is 12.0. The number of amides is 1. The van der Waals surface area contributed by atoms with E-state index in [0.717, 1.165) is 5.56 Å². The van der Waals surface area contributed by atoms with Crippen molar-refractivity contribution in [2.75, 3.05) is 18.2 Å². The number of hydrogen-bond acceptors (Lipinski definition) is 4. The highest BCUT2D eigenvalue weighted by Gasteiger charge is 2.00. The van der Waals surface area contributed by atoms with Crippen LogP contribution < -0.4 is 11.5 Å². The monoisotopic (exact) mass is 299 g/mol. The van der Waals surface area contributed by atoms with Crippen LogP contribution >= 0.6 is 11.8 Å². The second-order valence-corrected chi connectivity index (χ2v) is 4.93. The Kier molecular flexibility index (Phi) is 6.85. The molecule has 0 unspecified atom stereocenters. The van der Waals surface area contributed by atoms with E-state index in [4.69, 9.17) is 11.5 Å². The summed E-state index contributed by atoms with van der Waals surface area (Å²) in [7, 11) is 0. The third kappa shape index (κ3) is 6.02. The molecule has 4 N–H and O–H groups in total. The van der Waals surface area contributed by atoms with Crippen molar-refractivity contribution >= 4 is 23.4 Å². The molecular formula is C16H17N3OS. The molecule has 5 heteroatoms. The number of primary amides is 1. The predicted molar refractivity (Wildman–Crippen MR) is 89.0 cm³/mol. The minimum atomic E-state index is -0.518. The molecule has 1 amide bonds. The van der Waals surface area contributed by atoms with E-state index in [1.54, 1.807) is 36.2 Å². The van der Waals surface area contributed by atoms with Gasteiger partial charge in [0.25, 0.3) is 0 Å². The van der Waals surface area contributed by atoms with E-state index < -0.39 is 5.91 Å². The molecule has 0 aliphatic rings. The fourth-order valence-corrected chi connectivity index (χ4v) is 1.40. The zero-order valence-corrected chi connectivity index (χ0v) is 12.8. The standard InChI is InChI=1S/C14H11N3O.C2H6S/c15-13-3-1-2-10(7-13)4-5-11-6-12(14(16)18)9-17-8-11;1-3-2/h1-3,6-9H,15H2,(H2,16,18);1-2H3. The van der Waals surface area contributed by atoms with E-state index in [1.807, 2.05) is 24.6 Å². The molecule has 0 bridgehead atoms. The lowest BCUT2D eigenvalue weighted by atomic mass is 10.1. The molecule has 0 aliphatic carbocycles. The minimum Gasteiger partial charge on any atom is -0.399 e. The number of carbonyl (C=O) groups excluding carboxylic acids is 1. The number of benzene rings is 1. The van der Waals surface area contributed by atoms with Crippen molar-refractivity contribution in [1.82, 2.24) is 4.98 Å². The SMILES string of the molecule is CSC.NC(=O)c1cncc(C#Cc2cccc(N)c2)c1. The van der Waals surface area contributed by atoms with Crippen molar-refractivity contribution in [2.45, 2.75) is 0 Å². The van der Waals surface area contributed by atoms with Gasteiger partial charge in [0.05, 0.1) is 5.56 Å². The van der Waals surface area contributed by atoms with Gasteiger partial charge in [0, 0.05) is 29.2 Å². The maximum Gasteiger partial charge on any atom is 0.250 e. The van der Waals surface area contributed by atoms with Crippen molar-refractivity contribution in [2.24, 2.45) is 5.73 Å². The van der Waals surface area contributed by atoms with Crippen LogP contribution in [-0.4, -0.2) is 23.4 Å². The largest absolute Gasteiger partial charge is 0.399 e. The number of carbonyl (C=O) groups is 1. The molecular weight excluding hydrogens is 282 g/mol. The Morgan fingerprint density at radius 1 is 1.14 bits per heavy atom. The maximum atomic E-state index is 11.0. The quantitative estimate of drug-likeness (QED) is 0.624. The van der Waals surface area contributed by atoms with Gasteiger partial charge in [-0.15, -0.1) is 0 Å². The van der Waals surface area contributed by atoms with Gasteiger partial charge in [0.2, 0.25) is 5.91 Å². The highest BCUT2D eigenvalue weighted by atomic mass is 32.2. The van der Waals surface area contributed by atoms with Gasteiger partial charge in [-0.25, -0.2) is 0 Å². The van der Waals surface area contributed by atoms with Crippen LogP contribution in [0.5, 0.6) is 0 Å². The molecule has 0 fully saturated rings. The molecule has 0 saturated carbocycles. The lowest BCUT2D eigenvalue weighted by Crippen LogP contribution is -2.11. The summed E-state index contributed by atoms with van der Waals surface area (Å²) in [5.41, 5.74) is 13.3. The summed E-state index contributed by atoms with van der Waals surface area (Å²) in [4.78, 5) is 14.9. The van der Waals surface area contributed by atoms with E-state index in [2.05, 4.69) is 16.8 Å². The van der Waals surface area contributed by atoms with Crippen molar-refractivity contribution in [1.29, 1.82) is 0 Å². The van der Waals surface area contributed by atoms with Crippen LogP contribution in [0.3, 0.4) is 0 Å². The summed E-state index contributed by atoms with van der Waals surface area (Å²) in [6.07, 6.45) is 7.07. The van der Waals surface area contributed by atoms with E-state index in [9.17, 15) is 4.79 Å². The number of rotatable bonds is 1. The van der Waals surface area contributed by atoms with Crippen molar-refractivity contribution in [3.63, 3.8) is 0 Å². The highest BCUT2D eigenvalue weighted by molar-refractivity contribution is 7.97. The Morgan fingerprint density at radius 2 is 1.81 bits per heavy atom. The molecule has 0 radical (unpaired) electrons. The molecule has 2 aromatic rings. The van der Waals surface area contributed by atoms with Gasteiger partial charge >= 0.3 is 0 Å². The number of hydrogen-bond donors (Lipinski definition) is 2. The maximum absolute atomic E-state index is 11.0. The van der Waals surface area contributed by atoms with Crippen molar-refractivity contribution in [3.8, 4) is 11.8 Å². The summed E-state index contributed by atoms with van der Waals surface area (Å²) in [5, 5.41) is 0. The first kappa shape index (κ1) is 16.6. The van der Waals surface area contributed by atoms with E-state index in [1.165, 1.54) is 6.20 Å². The van der Waals surface area contributed by atoms with E-state index in [0.29, 0.717) is 16.8 Å². The Bertz CT molecular complexity index is 674. The average Bonchev–Trinajstić information content (AvgIpc) is 2.46. The number of pyridine rings is 1. The zero-order chi connectivity index (χ0) is 15.7. The second kappa shape index (κ2) is 8.67. The summed E-state index contributed by atoms with van der Waals surface area (Å²) in [5.74, 6) is 5.33. The summed E-state index contributed by atoms with van der Waals surface area (Å²) < 4.78 is 0.